The molecule has 1 atom stereocenters. The lowest BCUT2D eigenvalue weighted by molar-refractivity contribution is 0.149. The maximum absolute atomic E-state index is 5.15. The maximum atomic E-state index is 5.15. The molecule has 0 saturated carbocycles. The van der Waals surface area contributed by atoms with Crippen molar-refractivity contribution in [3.63, 3.8) is 0 Å². The van der Waals surface area contributed by atoms with Crippen molar-refractivity contribution in [3.8, 4) is 0 Å². The van der Waals surface area contributed by atoms with Gasteiger partial charge in [-0.1, -0.05) is 5.16 Å². The molecule has 1 unspecified atom stereocenters. The fraction of sp³-hybridized carbons (Fsp3) is 0.667. The smallest absolute Gasteiger partial charge is 0.147 e. The zero-order valence-electron chi connectivity index (χ0n) is 13.0. The summed E-state index contributed by atoms with van der Waals surface area (Å²) in [6.07, 6.45) is 2.49. The third kappa shape index (κ3) is 3.50. The van der Waals surface area contributed by atoms with Gasteiger partial charge in [0.1, 0.15) is 17.4 Å². The van der Waals surface area contributed by atoms with Crippen LogP contribution in [-0.2, 0) is 13.1 Å². The minimum Gasteiger partial charge on any atom is -0.361 e. The molecular formula is C15H23N5O. The monoisotopic (exact) mass is 289 g/mol. The molecule has 6 heteroatoms. The Balaban J connectivity index is 1.59. The second kappa shape index (κ2) is 5.97. The van der Waals surface area contributed by atoms with Crippen molar-refractivity contribution < 1.29 is 4.52 Å². The van der Waals surface area contributed by atoms with E-state index in [9.17, 15) is 0 Å². The molecule has 1 saturated heterocycles. The first kappa shape index (κ1) is 14.3. The predicted octanol–water partition coefficient (Wildman–Crippen LogP) is 2.10. The molecule has 114 valence electrons. The highest BCUT2D eigenvalue weighted by Gasteiger charge is 2.22. The maximum Gasteiger partial charge on any atom is 0.147 e. The first-order valence-electron chi connectivity index (χ1n) is 7.63. The highest BCUT2D eigenvalue weighted by molar-refractivity contribution is 5.03. The van der Waals surface area contributed by atoms with Crippen LogP contribution in [0.25, 0.3) is 0 Å². The summed E-state index contributed by atoms with van der Waals surface area (Å²) in [6, 6.07) is 2.02. The number of aryl methyl sites for hydroxylation is 3. The van der Waals surface area contributed by atoms with E-state index >= 15 is 0 Å². The molecule has 0 aromatic carbocycles. The zero-order chi connectivity index (χ0) is 14.8. The van der Waals surface area contributed by atoms with Gasteiger partial charge >= 0.3 is 0 Å². The van der Waals surface area contributed by atoms with Gasteiger partial charge in [-0.15, -0.1) is 0 Å². The number of likely N-dealkylation sites (tertiary alicyclic amines) is 1. The Hall–Kier alpha value is -1.69. The van der Waals surface area contributed by atoms with Gasteiger partial charge in [0, 0.05) is 25.7 Å². The highest BCUT2D eigenvalue weighted by Crippen LogP contribution is 2.20. The zero-order valence-corrected chi connectivity index (χ0v) is 13.0. The molecule has 0 bridgehead atoms. The Kier molecular flexibility index (Phi) is 4.05. The molecule has 0 aliphatic carbocycles. The molecular weight excluding hydrogens is 266 g/mol. The van der Waals surface area contributed by atoms with Gasteiger partial charge in [-0.2, -0.15) is 5.10 Å². The molecule has 3 rings (SSSR count). The Labute approximate surface area is 125 Å². The fourth-order valence-corrected chi connectivity index (χ4v) is 3.14. The molecule has 21 heavy (non-hydrogen) atoms. The third-order valence-corrected chi connectivity index (χ3v) is 4.06. The average Bonchev–Trinajstić information content (AvgIpc) is 2.96. The second-order valence-electron chi connectivity index (χ2n) is 6.06. The van der Waals surface area contributed by atoms with Crippen LogP contribution in [0.3, 0.4) is 0 Å². The van der Waals surface area contributed by atoms with E-state index in [1.807, 2.05) is 31.5 Å². The molecule has 1 aliphatic heterocycles. The van der Waals surface area contributed by atoms with Crippen LogP contribution in [-0.4, -0.2) is 37.9 Å². The number of piperidine rings is 1. The van der Waals surface area contributed by atoms with Crippen LogP contribution in [0.1, 0.15) is 35.9 Å². The highest BCUT2D eigenvalue weighted by atomic mass is 16.5. The molecule has 6 nitrogen and oxygen atoms in total. The minimum atomic E-state index is 0.631. The summed E-state index contributed by atoms with van der Waals surface area (Å²) in [7, 11) is 0. The van der Waals surface area contributed by atoms with Gasteiger partial charge < -0.3 is 4.52 Å². The topological polar surface area (TPSA) is 60.0 Å². The normalized spacial score (nSPS) is 20.0. The summed E-state index contributed by atoms with van der Waals surface area (Å²) >= 11 is 0. The first-order valence-corrected chi connectivity index (χ1v) is 7.63. The summed E-state index contributed by atoms with van der Waals surface area (Å²) in [6.45, 7) is 9.97. The molecule has 0 N–H and O–H groups in total. The largest absolute Gasteiger partial charge is 0.361 e. The summed E-state index contributed by atoms with van der Waals surface area (Å²) in [5, 5.41) is 8.57. The van der Waals surface area contributed by atoms with Crippen molar-refractivity contribution in [1.82, 2.24) is 24.8 Å². The average molecular weight is 289 g/mol. The van der Waals surface area contributed by atoms with E-state index in [2.05, 4.69) is 20.1 Å². The van der Waals surface area contributed by atoms with Crippen molar-refractivity contribution in [3.05, 3.63) is 29.2 Å². The Morgan fingerprint density at radius 3 is 2.86 bits per heavy atom. The summed E-state index contributed by atoms with van der Waals surface area (Å²) < 4.78 is 7.19. The molecule has 0 spiro atoms. The van der Waals surface area contributed by atoms with Gasteiger partial charge in [-0.25, -0.2) is 9.67 Å². The van der Waals surface area contributed by atoms with Gasteiger partial charge in [-0.3, -0.25) is 4.90 Å². The number of rotatable bonds is 4. The van der Waals surface area contributed by atoms with Crippen molar-refractivity contribution in [1.29, 1.82) is 0 Å². The van der Waals surface area contributed by atoms with E-state index in [0.717, 1.165) is 49.3 Å². The second-order valence-corrected chi connectivity index (χ2v) is 6.06. The fourth-order valence-electron chi connectivity index (χ4n) is 3.14. The van der Waals surface area contributed by atoms with E-state index in [4.69, 9.17) is 4.52 Å². The summed E-state index contributed by atoms with van der Waals surface area (Å²) in [5.74, 6) is 3.38. The van der Waals surface area contributed by atoms with Gasteiger partial charge in [0.05, 0.1) is 5.69 Å². The lowest BCUT2D eigenvalue weighted by atomic mass is 9.98. The number of aromatic nitrogens is 4. The van der Waals surface area contributed by atoms with Crippen LogP contribution in [0, 0.1) is 26.7 Å². The Morgan fingerprint density at radius 1 is 1.33 bits per heavy atom. The standard InChI is InChI=1S/C15H23N5O/c1-11-7-15(18-21-11)10-19-6-4-5-14(8-19)9-20-13(3)16-12(2)17-20/h7,14H,4-6,8-10H2,1-3H3. The molecule has 2 aromatic rings. The Morgan fingerprint density at radius 2 is 2.19 bits per heavy atom. The van der Waals surface area contributed by atoms with Crippen LogP contribution in [0.5, 0.6) is 0 Å². The molecule has 1 fully saturated rings. The number of nitrogens with zero attached hydrogens (tertiary/aromatic N) is 5. The quantitative estimate of drug-likeness (QED) is 0.862. The van der Waals surface area contributed by atoms with E-state index in [1.165, 1.54) is 12.8 Å². The molecule has 0 radical (unpaired) electrons. The minimum absolute atomic E-state index is 0.631. The van der Waals surface area contributed by atoms with Crippen LogP contribution in [0.15, 0.2) is 10.6 Å². The van der Waals surface area contributed by atoms with Gasteiger partial charge in [0.15, 0.2) is 0 Å². The predicted molar refractivity (Wildman–Crippen MR) is 78.7 cm³/mol. The SMILES string of the molecule is Cc1nc(C)n(CC2CCCN(Cc3cc(C)on3)C2)n1. The summed E-state index contributed by atoms with van der Waals surface area (Å²) in [5.41, 5.74) is 1.03. The van der Waals surface area contributed by atoms with Gasteiger partial charge in [-0.05, 0) is 46.1 Å². The Bertz CT molecular complexity index is 603. The number of hydrogen-bond acceptors (Lipinski definition) is 5. The van der Waals surface area contributed by atoms with Crippen molar-refractivity contribution in [2.24, 2.45) is 5.92 Å². The van der Waals surface area contributed by atoms with Crippen LogP contribution in [0.4, 0.5) is 0 Å². The van der Waals surface area contributed by atoms with E-state index in [1.54, 1.807) is 0 Å². The van der Waals surface area contributed by atoms with Crippen LogP contribution in [0.2, 0.25) is 0 Å². The molecule has 3 heterocycles. The third-order valence-electron chi connectivity index (χ3n) is 4.06. The molecule has 1 aliphatic rings. The molecule has 2 aromatic heterocycles. The van der Waals surface area contributed by atoms with Crippen molar-refractivity contribution >= 4 is 0 Å². The summed E-state index contributed by atoms with van der Waals surface area (Å²) in [4.78, 5) is 6.84. The van der Waals surface area contributed by atoms with Crippen LogP contribution < -0.4 is 0 Å². The lowest BCUT2D eigenvalue weighted by Gasteiger charge is -2.32. The van der Waals surface area contributed by atoms with Gasteiger partial charge in [0.25, 0.3) is 0 Å². The van der Waals surface area contributed by atoms with Crippen molar-refractivity contribution in [2.75, 3.05) is 13.1 Å². The lowest BCUT2D eigenvalue weighted by Crippen LogP contribution is -2.37. The van der Waals surface area contributed by atoms with E-state index < -0.39 is 0 Å². The first-order chi connectivity index (χ1) is 10.1. The van der Waals surface area contributed by atoms with Crippen molar-refractivity contribution in [2.45, 2.75) is 46.7 Å². The van der Waals surface area contributed by atoms with Crippen LogP contribution >= 0.6 is 0 Å². The van der Waals surface area contributed by atoms with Gasteiger partial charge in [0.2, 0.25) is 0 Å². The molecule has 0 amide bonds. The number of hydrogen-bond donors (Lipinski definition) is 0. The van der Waals surface area contributed by atoms with E-state index in [0.29, 0.717) is 5.92 Å². The van der Waals surface area contributed by atoms with E-state index in [-0.39, 0.29) is 0 Å².